The second-order valence-electron chi connectivity index (χ2n) is 4.93. The lowest BCUT2D eigenvalue weighted by molar-refractivity contribution is -0.109. The number of phenols is 1. The molecule has 4 heteroatoms. The molecule has 0 bridgehead atoms. The molecule has 0 spiro atoms. The summed E-state index contributed by atoms with van der Waals surface area (Å²) >= 11 is 0. The predicted octanol–water partition coefficient (Wildman–Crippen LogP) is 2.50. The van der Waals surface area contributed by atoms with Gasteiger partial charge in [0.2, 0.25) is 0 Å². The number of aromatic hydroxyl groups is 1. The largest absolute Gasteiger partial charge is 0.508 e. The van der Waals surface area contributed by atoms with E-state index in [0.717, 1.165) is 48.7 Å². The zero-order valence-electron chi connectivity index (χ0n) is 10.6. The van der Waals surface area contributed by atoms with E-state index in [0.29, 0.717) is 0 Å². The van der Waals surface area contributed by atoms with Crippen LogP contribution < -0.4 is 4.90 Å². The van der Waals surface area contributed by atoms with E-state index in [2.05, 4.69) is 9.88 Å². The molecule has 1 aromatic carbocycles. The fourth-order valence-electron chi connectivity index (χ4n) is 2.73. The number of carbonyl (C=O) groups is 1. The molecular weight excluding hydrogens is 240 g/mol. The second-order valence-corrected chi connectivity index (χ2v) is 4.93. The molecular formula is C15H16N2O2. The van der Waals surface area contributed by atoms with Gasteiger partial charge in [0.05, 0.1) is 6.04 Å². The lowest BCUT2D eigenvalue weighted by atomic mass is 10.0. The number of hydrogen-bond donors (Lipinski definition) is 1. The highest BCUT2D eigenvalue weighted by atomic mass is 16.3. The Morgan fingerprint density at radius 3 is 3.05 bits per heavy atom. The summed E-state index contributed by atoms with van der Waals surface area (Å²) in [5.41, 5.74) is 0. The van der Waals surface area contributed by atoms with Gasteiger partial charge in [0, 0.05) is 18.1 Å². The van der Waals surface area contributed by atoms with Crippen molar-refractivity contribution in [1.82, 2.24) is 4.98 Å². The van der Waals surface area contributed by atoms with Gasteiger partial charge in [-0.25, -0.2) is 4.98 Å². The standard InChI is InChI=1S/C15H16N2O2/c18-10-12-3-1-2-8-17(12)15-14-9-13(19)5-4-11(14)6-7-16-15/h4-7,9-10,12,19H,1-3,8H2. The number of phenolic OH excluding ortho intramolecular Hbond substituents is 1. The Morgan fingerprint density at radius 2 is 2.21 bits per heavy atom. The zero-order chi connectivity index (χ0) is 13.2. The number of aldehydes is 1. The average molecular weight is 256 g/mol. The molecule has 19 heavy (non-hydrogen) atoms. The van der Waals surface area contributed by atoms with Crippen molar-refractivity contribution in [3.63, 3.8) is 0 Å². The number of pyridine rings is 1. The molecule has 2 aromatic rings. The van der Waals surface area contributed by atoms with Gasteiger partial charge in [-0.2, -0.15) is 0 Å². The van der Waals surface area contributed by atoms with Crippen molar-refractivity contribution in [2.24, 2.45) is 0 Å². The van der Waals surface area contributed by atoms with Crippen LogP contribution >= 0.6 is 0 Å². The smallest absolute Gasteiger partial charge is 0.142 e. The Hall–Kier alpha value is -2.10. The first-order chi connectivity index (χ1) is 9.29. The van der Waals surface area contributed by atoms with Gasteiger partial charge >= 0.3 is 0 Å². The molecule has 0 radical (unpaired) electrons. The fraction of sp³-hybridized carbons (Fsp3) is 0.333. The minimum absolute atomic E-state index is 0.103. The monoisotopic (exact) mass is 256 g/mol. The Kier molecular flexibility index (Phi) is 3.07. The maximum absolute atomic E-state index is 11.2. The van der Waals surface area contributed by atoms with E-state index < -0.39 is 0 Å². The Balaban J connectivity index is 2.12. The summed E-state index contributed by atoms with van der Waals surface area (Å²) in [6.45, 7) is 0.838. The van der Waals surface area contributed by atoms with Gasteiger partial charge in [-0.3, -0.25) is 0 Å². The molecule has 98 valence electrons. The lowest BCUT2D eigenvalue weighted by Gasteiger charge is -2.34. The molecule has 0 aliphatic carbocycles. The van der Waals surface area contributed by atoms with Gasteiger partial charge in [-0.05, 0) is 42.8 Å². The van der Waals surface area contributed by atoms with Crippen molar-refractivity contribution in [3.05, 3.63) is 30.5 Å². The van der Waals surface area contributed by atoms with E-state index in [1.54, 1.807) is 18.3 Å². The van der Waals surface area contributed by atoms with E-state index in [1.807, 2.05) is 12.1 Å². The summed E-state index contributed by atoms with van der Waals surface area (Å²) in [5.74, 6) is 1.02. The molecule has 1 atom stereocenters. The predicted molar refractivity (Wildman–Crippen MR) is 74.5 cm³/mol. The summed E-state index contributed by atoms with van der Waals surface area (Å²) < 4.78 is 0. The van der Waals surface area contributed by atoms with Crippen molar-refractivity contribution in [2.75, 3.05) is 11.4 Å². The molecule has 1 fully saturated rings. The number of aromatic nitrogens is 1. The fourth-order valence-corrected chi connectivity index (χ4v) is 2.73. The van der Waals surface area contributed by atoms with E-state index in [1.165, 1.54) is 0 Å². The van der Waals surface area contributed by atoms with Crippen LogP contribution in [0.15, 0.2) is 30.5 Å². The number of hydrogen-bond acceptors (Lipinski definition) is 4. The van der Waals surface area contributed by atoms with Crippen molar-refractivity contribution in [1.29, 1.82) is 0 Å². The molecule has 4 nitrogen and oxygen atoms in total. The molecule has 2 heterocycles. The molecule has 0 amide bonds. The average Bonchev–Trinajstić information content (AvgIpc) is 2.46. The molecule has 3 rings (SSSR count). The normalized spacial score (nSPS) is 19.6. The number of fused-ring (bicyclic) bond motifs is 1. The van der Waals surface area contributed by atoms with Gasteiger partial charge in [-0.15, -0.1) is 0 Å². The van der Waals surface area contributed by atoms with Crippen LogP contribution in [0.25, 0.3) is 10.8 Å². The highest BCUT2D eigenvalue weighted by Crippen LogP contribution is 2.31. The number of carbonyl (C=O) groups excluding carboxylic acids is 1. The van der Waals surface area contributed by atoms with Crippen LogP contribution in [0.4, 0.5) is 5.82 Å². The highest BCUT2D eigenvalue weighted by Gasteiger charge is 2.24. The minimum atomic E-state index is -0.103. The Bertz CT molecular complexity index is 612. The summed E-state index contributed by atoms with van der Waals surface area (Å²) in [5, 5.41) is 11.6. The highest BCUT2D eigenvalue weighted by molar-refractivity contribution is 5.94. The summed E-state index contributed by atoms with van der Waals surface area (Å²) in [4.78, 5) is 17.7. The SMILES string of the molecule is O=CC1CCCCN1c1nccc2ccc(O)cc12. The van der Waals surface area contributed by atoms with E-state index >= 15 is 0 Å². The molecule has 1 aliphatic heterocycles. The topological polar surface area (TPSA) is 53.4 Å². The first-order valence-corrected chi connectivity index (χ1v) is 6.59. The van der Waals surface area contributed by atoms with Crippen LogP contribution in [0.1, 0.15) is 19.3 Å². The van der Waals surface area contributed by atoms with Gasteiger partial charge < -0.3 is 14.8 Å². The Labute approximate surface area is 111 Å². The number of nitrogens with zero attached hydrogens (tertiary/aromatic N) is 2. The van der Waals surface area contributed by atoms with Gasteiger partial charge in [-0.1, -0.05) is 6.07 Å². The zero-order valence-corrected chi connectivity index (χ0v) is 10.6. The first kappa shape index (κ1) is 12.0. The third kappa shape index (κ3) is 2.14. The lowest BCUT2D eigenvalue weighted by Crippen LogP contribution is -2.41. The van der Waals surface area contributed by atoms with Crippen LogP contribution in [0.2, 0.25) is 0 Å². The summed E-state index contributed by atoms with van der Waals surface area (Å²) in [6, 6.07) is 7.07. The molecule has 1 unspecified atom stereocenters. The number of rotatable bonds is 2. The summed E-state index contributed by atoms with van der Waals surface area (Å²) in [7, 11) is 0. The second kappa shape index (κ2) is 4.88. The van der Waals surface area contributed by atoms with E-state index in [4.69, 9.17) is 0 Å². The number of piperidine rings is 1. The van der Waals surface area contributed by atoms with Crippen molar-refractivity contribution >= 4 is 22.9 Å². The molecule has 1 saturated heterocycles. The first-order valence-electron chi connectivity index (χ1n) is 6.59. The van der Waals surface area contributed by atoms with Gasteiger partial charge in [0.1, 0.15) is 17.9 Å². The van der Waals surface area contributed by atoms with Gasteiger partial charge in [0.15, 0.2) is 0 Å². The Morgan fingerprint density at radius 1 is 1.32 bits per heavy atom. The van der Waals surface area contributed by atoms with Gasteiger partial charge in [0.25, 0.3) is 0 Å². The summed E-state index contributed by atoms with van der Waals surface area (Å²) in [6.07, 6.45) is 5.78. The van der Waals surface area contributed by atoms with Crippen molar-refractivity contribution in [2.45, 2.75) is 25.3 Å². The van der Waals surface area contributed by atoms with Crippen LogP contribution in [-0.2, 0) is 4.79 Å². The van der Waals surface area contributed by atoms with E-state index in [9.17, 15) is 9.90 Å². The third-order valence-corrected chi connectivity index (χ3v) is 3.71. The molecule has 0 saturated carbocycles. The minimum Gasteiger partial charge on any atom is -0.508 e. The van der Waals surface area contributed by atoms with Crippen LogP contribution in [-0.4, -0.2) is 29.0 Å². The van der Waals surface area contributed by atoms with Crippen LogP contribution in [0.3, 0.4) is 0 Å². The van der Waals surface area contributed by atoms with Crippen LogP contribution in [0, 0.1) is 0 Å². The van der Waals surface area contributed by atoms with Crippen molar-refractivity contribution in [3.8, 4) is 5.75 Å². The maximum atomic E-state index is 11.2. The molecule has 1 aliphatic rings. The third-order valence-electron chi connectivity index (χ3n) is 3.71. The molecule has 1 aromatic heterocycles. The number of anilines is 1. The molecule has 1 N–H and O–H groups in total. The number of benzene rings is 1. The van der Waals surface area contributed by atoms with Crippen molar-refractivity contribution < 1.29 is 9.90 Å². The van der Waals surface area contributed by atoms with Crippen LogP contribution in [0.5, 0.6) is 5.75 Å². The maximum Gasteiger partial charge on any atom is 0.142 e. The quantitative estimate of drug-likeness (QED) is 0.839. The van der Waals surface area contributed by atoms with E-state index in [-0.39, 0.29) is 11.8 Å².